The van der Waals surface area contributed by atoms with Crippen LogP contribution in [0.2, 0.25) is 0 Å². The lowest BCUT2D eigenvalue weighted by atomic mass is 10.1. The predicted octanol–water partition coefficient (Wildman–Crippen LogP) is 4.17. The Labute approximate surface area is 155 Å². The fraction of sp³-hybridized carbons (Fsp3) is 0.263. The van der Waals surface area contributed by atoms with Gasteiger partial charge in [-0.15, -0.1) is 0 Å². The summed E-state index contributed by atoms with van der Waals surface area (Å²) in [5, 5.41) is 7.93. The number of carbonyl (C=O) groups excluding carboxylic acids is 2. The second-order valence-corrected chi connectivity index (χ2v) is 6.21. The van der Waals surface area contributed by atoms with E-state index < -0.39 is 17.6 Å². The average molecular weight is 379 g/mol. The van der Waals surface area contributed by atoms with Crippen molar-refractivity contribution in [1.82, 2.24) is 10.6 Å². The smallest absolute Gasteiger partial charge is 0.336 e. The first kappa shape index (κ1) is 20.3. The molecule has 2 aromatic rings. The topological polar surface area (TPSA) is 70.2 Å². The molecule has 8 heteroatoms. The maximum absolute atomic E-state index is 12.5. The van der Waals surface area contributed by atoms with Gasteiger partial charge in [0.15, 0.2) is 0 Å². The Bertz CT molecular complexity index is 785. The van der Waals surface area contributed by atoms with Crippen molar-refractivity contribution in [2.45, 2.75) is 32.6 Å². The molecule has 144 valence electrons. The Kier molecular flexibility index (Phi) is 6.44. The van der Waals surface area contributed by atoms with E-state index in [9.17, 15) is 22.8 Å². The van der Waals surface area contributed by atoms with Gasteiger partial charge in [0.2, 0.25) is 0 Å². The summed E-state index contributed by atoms with van der Waals surface area (Å²) in [6.45, 7) is 4.01. The summed E-state index contributed by atoms with van der Waals surface area (Å²) in [7, 11) is 0. The van der Waals surface area contributed by atoms with Crippen LogP contribution in [0, 0.1) is 0 Å². The van der Waals surface area contributed by atoms with E-state index in [-0.39, 0.29) is 17.8 Å². The second kappa shape index (κ2) is 8.57. The van der Waals surface area contributed by atoms with Gasteiger partial charge in [0.1, 0.15) is 0 Å². The average Bonchev–Trinajstić information content (AvgIpc) is 2.59. The van der Waals surface area contributed by atoms with Gasteiger partial charge in [0.05, 0.1) is 5.56 Å². The first-order valence-electron chi connectivity index (χ1n) is 8.27. The summed E-state index contributed by atoms with van der Waals surface area (Å²) < 4.78 is 37.6. The number of urea groups is 1. The molecule has 5 nitrogen and oxygen atoms in total. The molecule has 0 saturated carbocycles. The van der Waals surface area contributed by atoms with E-state index in [0.29, 0.717) is 12.1 Å². The van der Waals surface area contributed by atoms with Gasteiger partial charge in [0, 0.05) is 23.8 Å². The molecule has 0 heterocycles. The van der Waals surface area contributed by atoms with Gasteiger partial charge in [-0.1, -0.05) is 12.1 Å². The van der Waals surface area contributed by atoms with Crippen molar-refractivity contribution in [2.24, 2.45) is 0 Å². The highest BCUT2D eigenvalue weighted by Crippen LogP contribution is 2.29. The largest absolute Gasteiger partial charge is 0.416 e. The highest BCUT2D eigenvalue weighted by atomic mass is 19.4. The quantitative estimate of drug-likeness (QED) is 0.730. The number of alkyl halides is 3. The predicted molar refractivity (Wildman–Crippen MR) is 96.3 cm³/mol. The van der Waals surface area contributed by atoms with Gasteiger partial charge in [-0.2, -0.15) is 13.2 Å². The summed E-state index contributed by atoms with van der Waals surface area (Å²) in [6, 6.07) is 10.5. The minimum absolute atomic E-state index is 0.0290. The van der Waals surface area contributed by atoms with Crippen LogP contribution >= 0.6 is 0 Å². The minimum atomic E-state index is -4.42. The molecule has 0 fully saturated rings. The zero-order chi connectivity index (χ0) is 20.0. The summed E-state index contributed by atoms with van der Waals surface area (Å²) in [6.07, 6.45) is -4.42. The van der Waals surface area contributed by atoms with E-state index in [4.69, 9.17) is 0 Å². The lowest BCUT2D eigenvalue weighted by Crippen LogP contribution is -2.39. The summed E-state index contributed by atoms with van der Waals surface area (Å²) in [5.41, 5.74) is 0.647. The van der Waals surface area contributed by atoms with Crippen molar-refractivity contribution in [3.05, 3.63) is 65.2 Å². The lowest BCUT2D eigenvalue weighted by Gasteiger charge is -2.11. The maximum atomic E-state index is 12.5. The molecular weight excluding hydrogens is 359 g/mol. The lowest BCUT2D eigenvalue weighted by molar-refractivity contribution is -0.137. The maximum Gasteiger partial charge on any atom is 0.416 e. The van der Waals surface area contributed by atoms with Gasteiger partial charge < -0.3 is 16.0 Å². The molecular formula is C19H20F3N3O2. The Balaban J connectivity index is 1.92. The zero-order valence-corrected chi connectivity index (χ0v) is 14.9. The molecule has 0 aliphatic carbocycles. The number of rotatable bonds is 5. The summed E-state index contributed by atoms with van der Waals surface area (Å²) in [5.74, 6) is -0.438. The monoisotopic (exact) mass is 379 g/mol. The molecule has 0 radical (unpaired) electrons. The van der Waals surface area contributed by atoms with Crippen LogP contribution in [-0.4, -0.2) is 18.0 Å². The molecule has 3 amide bonds. The van der Waals surface area contributed by atoms with Crippen LogP contribution < -0.4 is 16.0 Å². The number of anilines is 1. The van der Waals surface area contributed by atoms with Crippen LogP contribution in [0.4, 0.5) is 23.7 Å². The Morgan fingerprint density at radius 2 is 1.56 bits per heavy atom. The van der Waals surface area contributed by atoms with Crippen molar-refractivity contribution in [2.75, 3.05) is 5.32 Å². The molecule has 27 heavy (non-hydrogen) atoms. The number of amides is 3. The van der Waals surface area contributed by atoms with Crippen LogP contribution in [0.3, 0.4) is 0 Å². The number of halogens is 3. The van der Waals surface area contributed by atoms with Crippen molar-refractivity contribution in [3.8, 4) is 0 Å². The van der Waals surface area contributed by atoms with E-state index in [1.165, 1.54) is 12.1 Å². The van der Waals surface area contributed by atoms with Gasteiger partial charge in [-0.3, -0.25) is 4.79 Å². The van der Waals surface area contributed by atoms with Crippen LogP contribution in [0.15, 0.2) is 48.5 Å². The number of hydrogen-bond donors (Lipinski definition) is 3. The van der Waals surface area contributed by atoms with Crippen LogP contribution in [0.5, 0.6) is 0 Å². The third-order valence-corrected chi connectivity index (χ3v) is 3.56. The van der Waals surface area contributed by atoms with Gasteiger partial charge >= 0.3 is 12.2 Å². The molecule has 0 bridgehead atoms. The normalized spacial score (nSPS) is 11.2. The molecule has 2 rings (SSSR count). The standard InChI is InChI=1S/C19H20F3N3O2/c1-12(2)24-18(27)23-11-13-3-5-14(6-4-13)17(26)25-16-9-7-15(8-10-16)19(20,21)22/h3-10,12H,11H2,1-2H3,(H,25,26)(H2,23,24,27). The highest BCUT2D eigenvalue weighted by molar-refractivity contribution is 6.04. The first-order valence-corrected chi connectivity index (χ1v) is 8.27. The van der Waals surface area contributed by atoms with Crippen molar-refractivity contribution >= 4 is 17.6 Å². The third kappa shape index (κ3) is 6.32. The first-order chi connectivity index (χ1) is 12.6. The third-order valence-electron chi connectivity index (χ3n) is 3.56. The number of nitrogens with one attached hydrogen (secondary N) is 3. The van der Waals surface area contributed by atoms with Crippen molar-refractivity contribution in [1.29, 1.82) is 0 Å². The highest BCUT2D eigenvalue weighted by Gasteiger charge is 2.29. The number of benzene rings is 2. The van der Waals surface area contributed by atoms with Crippen LogP contribution in [0.25, 0.3) is 0 Å². The van der Waals surface area contributed by atoms with Crippen molar-refractivity contribution < 1.29 is 22.8 Å². The Morgan fingerprint density at radius 1 is 0.963 bits per heavy atom. The van der Waals surface area contributed by atoms with Crippen molar-refractivity contribution in [3.63, 3.8) is 0 Å². The molecule has 0 atom stereocenters. The fourth-order valence-corrected chi connectivity index (χ4v) is 2.22. The fourth-order valence-electron chi connectivity index (χ4n) is 2.22. The Hall–Kier alpha value is -3.03. The molecule has 0 spiro atoms. The van der Waals surface area contributed by atoms with Crippen LogP contribution in [-0.2, 0) is 12.7 Å². The van der Waals surface area contributed by atoms with Gasteiger partial charge in [-0.25, -0.2) is 4.79 Å². The summed E-state index contributed by atoms with van der Waals surface area (Å²) >= 11 is 0. The molecule has 3 N–H and O–H groups in total. The SMILES string of the molecule is CC(C)NC(=O)NCc1ccc(C(=O)Nc2ccc(C(F)(F)F)cc2)cc1. The summed E-state index contributed by atoms with van der Waals surface area (Å²) in [4.78, 5) is 23.7. The number of carbonyl (C=O) groups is 2. The Morgan fingerprint density at radius 3 is 2.07 bits per heavy atom. The second-order valence-electron chi connectivity index (χ2n) is 6.21. The van der Waals surface area contributed by atoms with Gasteiger partial charge in [-0.05, 0) is 55.8 Å². The van der Waals surface area contributed by atoms with Crippen LogP contribution in [0.1, 0.15) is 35.3 Å². The van der Waals surface area contributed by atoms with E-state index in [2.05, 4.69) is 16.0 Å². The van der Waals surface area contributed by atoms with E-state index in [0.717, 1.165) is 17.7 Å². The minimum Gasteiger partial charge on any atom is -0.336 e. The molecule has 0 aliphatic rings. The molecule has 2 aromatic carbocycles. The van der Waals surface area contributed by atoms with Gasteiger partial charge in [0.25, 0.3) is 5.91 Å². The molecule has 0 unspecified atom stereocenters. The van der Waals surface area contributed by atoms with E-state index >= 15 is 0 Å². The molecule has 0 saturated heterocycles. The zero-order valence-electron chi connectivity index (χ0n) is 14.9. The molecule has 0 aromatic heterocycles. The van der Waals surface area contributed by atoms with E-state index in [1.54, 1.807) is 24.3 Å². The van der Waals surface area contributed by atoms with E-state index in [1.807, 2.05) is 13.8 Å². The number of hydrogen-bond acceptors (Lipinski definition) is 2. The molecule has 0 aliphatic heterocycles.